The van der Waals surface area contributed by atoms with Crippen LogP contribution in [0.3, 0.4) is 0 Å². The number of halogens is 1. The molecule has 0 saturated carbocycles. The van der Waals surface area contributed by atoms with Crippen molar-refractivity contribution in [2.45, 2.75) is 13.0 Å². The number of para-hydroxylation sites is 2. The van der Waals surface area contributed by atoms with Crippen molar-refractivity contribution in [3.8, 4) is 0 Å². The Morgan fingerprint density at radius 1 is 1.00 bits per heavy atom. The van der Waals surface area contributed by atoms with Gasteiger partial charge in [-0.05, 0) is 25.1 Å². The highest BCUT2D eigenvalue weighted by Crippen LogP contribution is 2.30. The summed E-state index contributed by atoms with van der Waals surface area (Å²) >= 11 is 0. The van der Waals surface area contributed by atoms with Crippen molar-refractivity contribution < 1.29 is 9.18 Å². The molecule has 2 aromatic heterocycles. The van der Waals surface area contributed by atoms with Gasteiger partial charge in [-0.1, -0.05) is 30.3 Å². The summed E-state index contributed by atoms with van der Waals surface area (Å²) in [5.74, 6) is -0.310. The number of piperazine rings is 1. The zero-order valence-electron chi connectivity index (χ0n) is 18.0. The van der Waals surface area contributed by atoms with Gasteiger partial charge in [0.25, 0.3) is 5.56 Å². The summed E-state index contributed by atoms with van der Waals surface area (Å²) in [5, 5.41) is 5.81. The van der Waals surface area contributed by atoms with Crippen LogP contribution in [0.4, 0.5) is 10.1 Å². The number of amides is 1. The van der Waals surface area contributed by atoms with Gasteiger partial charge in [0.1, 0.15) is 17.4 Å². The Hall–Kier alpha value is -3.68. The van der Waals surface area contributed by atoms with E-state index >= 15 is 0 Å². The maximum atomic E-state index is 14.1. The highest BCUT2D eigenvalue weighted by Gasteiger charge is 2.29. The molecule has 1 aliphatic heterocycles. The minimum absolute atomic E-state index is 0.0558. The molecular weight excluding hydrogens is 409 g/mol. The van der Waals surface area contributed by atoms with E-state index in [1.54, 1.807) is 30.3 Å². The summed E-state index contributed by atoms with van der Waals surface area (Å²) in [6, 6.07) is 13.8. The molecule has 7 nitrogen and oxygen atoms in total. The van der Waals surface area contributed by atoms with Crippen LogP contribution in [-0.2, 0) is 11.8 Å². The van der Waals surface area contributed by atoms with Crippen molar-refractivity contribution in [1.29, 1.82) is 0 Å². The van der Waals surface area contributed by atoms with Crippen LogP contribution < -0.4 is 10.5 Å². The fraction of sp³-hybridized carbons (Fsp3) is 0.292. The first kappa shape index (κ1) is 20.2. The van der Waals surface area contributed by atoms with Gasteiger partial charge in [-0.3, -0.25) is 9.59 Å². The van der Waals surface area contributed by atoms with E-state index in [9.17, 15) is 14.0 Å². The molecule has 4 aromatic rings. The second kappa shape index (κ2) is 7.78. The molecule has 5 rings (SSSR count). The Kier molecular flexibility index (Phi) is 4.92. The standard InChI is InChI=1S/C24H24FN5O2/c1-16(23(31)29-13-11-28(12-14-29)21-10-6-4-8-19(21)25)30-20-9-5-3-7-17(20)18-15-26-27(2)24(32)22(18)30/h3-10,15-16H,11-14H2,1-2H3/t16-/m0/s1. The lowest BCUT2D eigenvalue weighted by molar-refractivity contribution is -0.134. The fourth-order valence-corrected chi connectivity index (χ4v) is 4.64. The largest absolute Gasteiger partial charge is 0.366 e. The highest BCUT2D eigenvalue weighted by molar-refractivity contribution is 6.08. The SMILES string of the molecule is C[C@@H](C(=O)N1CCN(c2ccccc2F)CC1)n1c2ccccc2c2cnn(C)c(=O)c21. The topological polar surface area (TPSA) is 63.4 Å². The Bertz CT molecular complexity index is 1380. The van der Waals surface area contributed by atoms with E-state index < -0.39 is 6.04 Å². The number of carbonyl (C=O) groups excluding carboxylic acids is 1. The first-order valence-electron chi connectivity index (χ1n) is 10.7. The van der Waals surface area contributed by atoms with Gasteiger partial charge in [0, 0.05) is 44.0 Å². The molecule has 32 heavy (non-hydrogen) atoms. The van der Waals surface area contributed by atoms with E-state index in [4.69, 9.17) is 0 Å². The van der Waals surface area contributed by atoms with E-state index in [1.807, 2.05) is 46.7 Å². The zero-order valence-corrected chi connectivity index (χ0v) is 18.0. The molecule has 0 bridgehead atoms. The van der Waals surface area contributed by atoms with Gasteiger partial charge in [0.05, 0.1) is 17.4 Å². The summed E-state index contributed by atoms with van der Waals surface area (Å²) < 4.78 is 17.3. The van der Waals surface area contributed by atoms with E-state index in [0.29, 0.717) is 37.4 Å². The molecule has 0 unspecified atom stereocenters. The third kappa shape index (κ3) is 3.14. The number of hydrogen-bond donors (Lipinski definition) is 0. The molecule has 2 aromatic carbocycles. The minimum atomic E-state index is -0.562. The maximum Gasteiger partial charge on any atom is 0.291 e. The van der Waals surface area contributed by atoms with Crippen molar-refractivity contribution in [2.75, 3.05) is 31.1 Å². The Morgan fingerprint density at radius 2 is 1.69 bits per heavy atom. The molecule has 1 atom stereocenters. The van der Waals surface area contributed by atoms with Crippen LogP contribution in [0.25, 0.3) is 21.8 Å². The predicted octanol–water partition coefficient (Wildman–Crippen LogP) is 2.94. The number of carbonyl (C=O) groups is 1. The molecule has 1 fully saturated rings. The van der Waals surface area contributed by atoms with Crippen LogP contribution in [0.5, 0.6) is 0 Å². The van der Waals surface area contributed by atoms with Crippen LogP contribution in [0, 0.1) is 5.82 Å². The molecular formula is C24H24FN5O2. The first-order valence-corrected chi connectivity index (χ1v) is 10.7. The average Bonchev–Trinajstić information content (AvgIpc) is 3.16. The third-order valence-electron chi connectivity index (χ3n) is 6.34. The van der Waals surface area contributed by atoms with Crippen LogP contribution in [0.15, 0.2) is 59.5 Å². The molecule has 0 aliphatic carbocycles. The number of fused-ring (bicyclic) bond motifs is 3. The van der Waals surface area contributed by atoms with Crippen molar-refractivity contribution in [2.24, 2.45) is 7.05 Å². The lowest BCUT2D eigenvalue weighted by Crippen LogP contribution is -2.50. The molecule has 1 saturated heterocycles. The van der Waals surface area contributed by atoms with Gasteiger partial charge < -0.3 is 14.4 Å². The minimum Gasteiger partial charge on any atom is -0.366 e. The molecule has 3 heterocycles. The predicted molar refractivity (Wildman–Crippen MR) is 122 cm³/mol. The van der Waals surface area contributed by atoms with Crippen molar-refractivity contribution in [1.82, 2.24) is 19.2 Å². The molecule has 1 amide bonds. The molecule has 0 N–H and O–H groups in total. The third-order valence-corrected chi connectivity index (χ3v) is 6.34. The normalized spacial score (nSPS) is 15.5. The van der Waals surface area contributed by atoms with Gasteiger partial charge >= 0.3 is 0 Å². The fourth-order valence-electron chi connectivity index (χ4n) is 4.64. The molecule has 0 spiro atoms. The van der Waals surface area contributed by atoms with Gasteiger partial charge in [0.15, 0.2) is 0 Å². The molecule has 164 valence electrons. The van der Waals surface area contributed by atoms with Gasteiger partial charge in [-0.15, -0.1) is 0 Å². The van der Waals surface area contributed by atoms with E-state index in [2.05, 4.69) is 5.10 Å². The van der Waals surface area contributed by atoms with Crippen molar-refractivity contribution in [3.63, 3.8) is 0 Å². The Balaban J connectivity index is 1.47. The Labute approximate surface area is 184 Å². The smallest absolute Gasteiger partial charge is 0.291 e. The summed E-state index contributed by atoms with van der Waals surface area (Å²) in [7, 11) is 1.61. The number of rotatable bonds is 3. The Morgan fingerprint density at radius 3 is 2.44 bits per heavy atom. The number of hydrogen-bond acceptors (Lipinski definition) is 4. The molecule has 0 radical (unpaired) electrons. The number of aromatic nitrogens is 3. The lowest BCUT2D eigenvalue weighted by atomic mass is 10.2. The quantitative estimate of drug-likeness (QED) is 0.498. The number of nitrogens with zero attached hydrogens (tertiary/aromatic N) is 5. The second-order valence-electron chi connectivity index (χ2n) is 8.16. The van der Waals surface area contributed by atoms with Crippen LogP contribution >= 0.6 is 0 Å². The van der Waals surface area contributed by atoms with Crippen molar-refractivity contribution >= 4 is 33.4 Å². The average molecular weight is 433 g/mol. The summed E-state index contributed by atoms with van der Waals surface area (Å²) in [6.07, 6.45) is 1.68. The number of benzene rings is 2. The number of aryl methyl sites for hydroxylation is 1. The van der Waals surface area contributed by atoms with Crippen LogP contribution in [0.1, 0.15) is 13.0 Å². The lowest BCUT2D eigenvalue weighted by Gasteiger charge is -2.37. The second-order valence-corrected chi connectivity index (χ2v) is 8.16. The van der Waals surface area contributed by atoms with E-state index in [-0.39, 0.29) is 17.3 Å². The van der Waals surface area contributed by atoms with Gasteiger partial charge in [0.2, 0.25) is 5.91 Å². The first-order chi connectivity index (χ1) is 15.5. The van der Waals surface area contributed by atoms with Crippen molar-refractivity contribution in [3.05, 3.63) is 70.9 Å². The summed E-state index contributed by atoms with van der Waals surface area (Å²) in [4.78, 5) is 30.2. The van der Waals surface area contributed by atoms with E-state index in [1.165, 1.54) is 10.7 Å². The summed E-state index contributed by atoms with van der Waals surface area (Å²) in [6.45, 7) is 3.93. The van der Waals surface area contributed by atoms with Crippen LogP contribution in [0.2, 0.25) is 0 Å². The summed E-state index contributed by atoms with van der Waals surface area (Å²) in [5.41, 5.74) is 1.64. The molecule has 1 aliphatic rings. The van der Waals surface area contributed by atoms with Gasteiger partial charge in [-0.2, -0.15) is 5.10 Å². The van der Waals surface area contributed by atoms with E-state index in [0.717, 1.165) is 16.3 Å². The molecule has 8 heteroatoms. The monoisotopic (exact) mass is 433 g/mol. The maximum absolute atomic E-state index is 14.1. The van der Waals surface area contributed by atoms with Crippen LogP contribution in [-0.4, -0.2) is 51.3 Å². The highest BCUT2D eigenvalue weighted by atomic mass is 19.1. The zero-order chi connectivity index (χ0) is 22.4. The van der Waals surface area contributed by atoms with Gasteiger partial charge in [-0.25, -0.2) is 9.07 Å². The number of anilines is 1.